The lowest BCUT2D eigenvalue weighted by atomic mass is 10.1. The largest absolute Gasteiger partial charge is 0.478 e. The first-order valence-corrected chi connectivity index (χ1v) is 8.79. The highest BCUT2D eigenvalue weighted by Gasteiger charge is 2.25. The number of hydrogen-bond acceptors (Lipinski definition) is 5. The molecule has 1 saturated heterocycles. The maximum absolute atomic E-state index is 13.9. The Hall–Kier alpha value is -3.17. The molecule has 0 saturated carbocycles. The summed E-state index contributed by atoms with van der Waals surface area (Å²) in [5, 5.41) is 20.9. The Balaban J connectivity index is 1.95. The highest BCUT2D eigenvalue weighted by atomic mass is 35.5. The predicted molar refractivity (Wildman–Crippen MR) is 103 cm³/mol. The van der Waals surface area contributed by atoms with Gasteiger partial charge in [-0.15, -0.1) is 0 Å². The summed E-state index contributed by atoms with van der Waals surface area (Å²) in [6, 6.07) is 7.46. The molecule has 0 atom stereocenters. The number of nitrogens with zero attached hydrogens (tertiary/aromatic N) is 1. The number of amidine groups is 1. The molecule has 0 radical (unpaired) electrons. The summed E-state index contributed by atoms with van der Waals surface area (Å²) < 4.78 is 13.9. The second-order valence-electron chi connectivity index (χ2n) is 5.50. The van der Waals surface area contributed by atoms with Crippen LogP contribution in [0.5, 0.6) is 0 Å². The van der Waals surface area contributed by atoms with Gasteiger partial charge in [-0.2, -0.15) is 0 Å². The molecule has 3 rings (SSSR count). The lowest BCUT2D eigenvalue weighted by molar-refractivity contribution is -0.115. The number of amides is 1. The number of halogens is 2. The third-order valence-electron chi connectivity index (χ3n) is 3.57. The van der Waals surface area contributed by atoms with E-state index in [1.807, 2.05) is 0 Å². The number of aromatic carboxylic acids is 2. The molecule has 142 valence electrons. The van der Waals surface area contributed by atoms with Crippen molar-refractivity contribution in [3.63, 3.8) is 0 Å². The van der Waals surface area contributed by atoms with Crippen LogP contribution in [0.15, 0.2) is 46.3 Å². The first-order chi connectivity index (χ1) is 13.2. The van der Waals surface area contributed by atoms with E-state index in [9.17, 15) is 18.8 Å². The number of carboxylic acids is 2. The van der Waals surface area contributed by atoms with Crippen LogP contribution < -0.4 is 5.32 Å². The molecule has 0 unspecified atom stereocenters. The average Bonchev–Trinajstić information content (AvgIpc) is 2.97. The molecule has 3 N–H and O–H groups in total. The van der Waals surface area contributed by atoms with Crippen LogP contribution in [-0.4, -0.2) is 33.2 Å². The first kappa shape index (κ1) is 19.6. The summed E-state index contributed by atoms with van der Waals surface area (Å²) in [5.41, 5.74) is -0.445. The minimum absolute atomic E-state index is 0.0327. The summed E-state index contributed by atoms with van der Waals surface area (Å²) in [6.45, 7) is 0. The zero-order valence-electron chi connectivity index (χ0n) is 13.8. The molecule has 2 aromatic carbocycles. The number of thioether (sulfide) groups is 1. The Morgan fingerprint density at radius 1 is 1.14 bits per heavy atom. The molecule has 0 bridgehead atoms. The molecule has 2 aromatic rings. The van der Waals surface area contributed by atoms with Crippen LogP contribution in [0.1, 0.15) is 26.3 Å². The first-order valence-electron chi connectivity index (χ1n) is 7.60. The number of benzene rings is 2. The van der Waals surface area contributed by atoms with Gasteiger partial charge in [-0.05, 0) is 48.2 Å². The minimum atomic E-state index is -1.32. The van der Waals surface area contributed by atoms with Gasteiger partial charge in [0.15, 0.2) is 5.17 Å². The van der Waals surface area contributed by atoms with Crippen LogP contribution in [0.3, 0.4) is 0 Å². The third kappa shape index (κ3) is 4.21. The van der Waals surface area contributed by atoms with Crippen molar-refractivity contribution >= 4 is 58.1 Å². The van der Waals surface area contributed by atoms with E-state index < -0.39 is 23.7 Å². The fourth-order valence-corrected chi connectivity index (χ4v) is 3.34. The number of hydrogen-bond donors (Lipinski definition) is 3. The van der Waals surface area contributed by atoms with E-state index in [0.29, 0.717) is 0 Å². The van der Waals surface area contributed by atoms with E-state index in [4.69, 9.17) is 21.8 Å². The van der Waals surface area contributed by atoms with Crippen molar-refractivity contribution in [2.45, 2.75) is 0 Å². The van der Waals surface area contributed by atoms with Crippen molar-refractivity contribution in [1.82, 2.24) is 5.32 Å². The van der Waals surface area contributed by atoms with Gasteiger partial charge in [-0.3, -0.25) is 4.79 Å². The van der Waals surface area contributed by atoms with Gasteiger partial charge in [-0.25, -0.2) is 19.0 Å². The highest BCUT2D eigenvalue weighted by molar-refractivity contribution is 8.18. The van der Waals surface area contributed by atoms with E-state index >= 15 is 0 Å². The maximum atomic E-state index is 13.9. The van der Waals surface area contributed by atoms with Crippen molar-refractivity contribution in [3.05, 3.63) is 68.8 Å². The Kier molecular flexibility index (Phi) is 5.48. The van der Waals surface area contributed by atoms with Crippen LogP contribution in [-0.2, 0) is 4.79 Å². The monoisotopic (exact) mass is 420 g/mol. The van der Waals surface area contributed by atoms with E-state index in [1.54, 1.807) is 0 Å². The van der Waals surface area contributed by atoms with Crippen LogP contribution in [0.2, 0.25) is 5.02 Å². The van der Waals surface area contributed by atoms with E-state index in [0.717, 1.165) is 17.8 Å². The normalized spacial score (nSPS) is 16.4. The second kappa shape index (κ2) is 7.83. The molecule has 10 heteroatoms. The lowest BCUT2D eigenvalue weighted by Gasteiger charge is -2.02. The molecule has 0 aromatic heterocycles. The molecule has 1 amide bonds. The zero-order valence-corrected chi connectivity index (χ0v) is 15.3. The minimum Gasteiger partial charge on any atom is -0.478 e. The number of carbonyl (C=O) groups is 3. The van der Waals surface area contributed by atoms with Crippen LogP contribution in [0, 0.1) is 5.82 Å². The van der Waals surface area contributed by atoms with Gasteiger partial charge in [0, 0.05) is 5.56 Å². The van der Waals surface area contributed by atoms with Crippen LogP contribution >= 0.6 is 23.4 Å². The fraction of sp³-hybridized carbons (Fsp3) is 0. The third-order valence-corrected chi connectivity index (χ3v) is 4.81. The number of carbonyl (C=O) groups excluding carboxylic acids is 1. The number of aliphatic imine (C=N–C) groups is 1. The number of rotatable bonds is 4. The van der Waals surface area contributed by atoms with Gasteiger partial charge < -0.3 is 15.5 Å². The standard InChI is InChI=1S/C18H10ClFN2O5S/c19-12-2-1-3-13(20)11(12)7-14-15(23)22-18(28-14)21-10-5-8(16(24)25)4-9(6-10)17(26)27/h1-7H,(H,24,25)(H,26,27)(H,21,22,23)/b14-7-. The summed E-state index contributed by atoms with van der Waals surface area (Å²) in [7, 11) is 0. The van der Waals surface area contributed by atoms with E-state index in [2.05, 4.69) is 10.3 Å². The van der Waals surface area contributed by atoms with Gasteiger partial charge in [0.25, 0.3) is 5.91 Å². The molecule has 1 aliphatic heterocycles. The molecular weight excluding hydrogens is 411 g/mol. The fourth-order valence-electron chi connectivity index (χ4n) is 2.30. The molecular formula is C18H10ClFN2O5S. The number of carboxylic acid groups (broad SMARTS) is 2. The lowest BCUT2D eigenvalue weighted by Crippen LogP contribution is -2.19. The van der Waals surface area contributed by atoms with Gasteiger partial charge in [-0.1, -0.05) is 17.7 Å². The van der Waals surface area contributed by atoms with Crippen molar-refractivity contribution in [2.24, 2.45) is 4.99 Å². The molecule has 1 aliphatic rings. The second-order valence-corrected chi connectivity index (χ2v) is 6.93. The van der Waals surface area contributed by atoms with Gasteiger partial charge >= 0.3 is 11.9 Å². The van der Waals surface area contributed by atoms with Crippen molar-refractivity contribution in [2.75, 3.05) is 0 Å². The quantitative estimate of drug-likeness (QED) is 0.648. The van der Waals surface area contributed by atoms with Crippen LogP contribution in [0.4, 0.5) is 10.1 Å². The molecule has 7 nitrogen and oxygen atoms in total. The predicted octanol–water partition coefficient (Wildman–Crippen LogP) is 3.77. The molecule has 1 fully saturated rings. The van der Waals surface area contributed by atoms with Gasteiger partial charge in [0.2, 0.25) is 0 Å². The Bertz CT molecular complexity index is 1030. The molecule has 28 heavy (non-hydrogen) atoms. The summed E-state index contributed by atoms with van der Waals surface area (Å²) in [6.07, 6.45) is 1.27. The maximum Gasteiger partial charge on any atom is 0.335 e. The highest BCUT2D eigenvalue weighted by Crippen LogP contribution is 2.31. The average molecular weight is 421 g/mol. The van der Waals surface area contributed by atoms with Crippen molar-refractivity contribution in [3.8, 4) is 0 Å². The zero-order chi connectivity index (χ0) is 20.4. The summed E-state index contributed by atoms with van der Waals surface area (Å²) in [5.74, 6) is -3.78. The Labute approximate surface area is 166 Å². The molecule has 0 aliphatic carbocycles. The van der Waals surface area contributed by atoms with E-state index in [-0.39, 0.29) is 37.5 Å². The summed E-state index contributed by atoms with van der Waals surface area (Å²) >= 11 is 6.83. The Morgan fingerprint density at radius 2 is 1.79 bits per heavy atom. The number of nitrogens with one attached hydrogen (secondary N) is 1. The molecule has 0 spiro atoms. The smallest absolute Gasteiger partial charge is 0.335 e. The summed E-state index contributed by atoms with van der Waals surface area (Å²) in [4.78, 5) is 38.7. The topological polar surface area (TPSA) is 116 Å². The van der Waals surface area contributed by atoms with Crippen molar-refractivity contribution < 1.29 is 29.0 Å². The molecule has 1 heterocycles. The van der Waals surface area contributed by atoms with E-state index in [1.165, 1.54) is 36.4 Å². The van der Waals surface area contributed by atoms with Gasteiger partial charge in [0.05, 0.1) is 26.7 Å². The SMILES string of the molecule is O=C1NC(=Nc2cc(C(=O)O)cc(C(=O)O)c2)S/C1=C\c1c(F)cccc1Cl. The van der Waals surface area contributed by atoms with Gasteiger partial charge in [0.1, 0.15) is 5.82 Å². The van der Waals surface area contributed by atoms with Crippen molar-refractivity contribution in [1.29, 1.82) is 0 Å². The van der Waals surface area contributed by atoms with Crippen LogP contribution in [0.25, 0.3) is 6.08 Å². The Morgan fingerprint density at radius 3 is 2.36 bits per heavy atom.